The van der Waals surface area contributed by atoms with Crippen molar-refractivity contribution in [1.29, 1.82) is 0 Å². The zero-order valence-corrected chi connectivity index (χ0v) is 17.2. The van der Waals surface area contributed by atoms with Gasteiger partial charge in [-0.1, -0.05) is 41.9 Å². The molecule has 1 atom stereocenters. The third-order valence-corrected chi connectivity index (χ3v) is 5.22. The van der Waals surface area contributed by atoms with Crippen molar-refractivity contribution in [3.05, 3.63) is 35.9 Å². The topological polar surface area (TPSA) is 101 Å². The standard InChI is InChI=1S/C21H28N4O5/c1-29-23-18-13-25(20(27)14-24-11-7-3-6-10-19(24)26)12-17(18)22-21(28)30-15-16-8-4-2-5-9-16/h2,4-5,8-9,17H,3,6-7,10-15H2,1H3,(H,22,28)/b23-18-. The lowest BCUT2D eigenvalue weighted by Crippen LogP contribution is -2.44. The zero-order chi connectivity index (χ0) is 21.3. The summed E-state index contributed by atoms with van der Waals surface area (Å²) in [5, 5.41) is 6.70. The second kappa shape index (κ2) is 10.6. The van der Waals surface area contributed by atoms with Crippen molar-refractivity contribution in [3.63, 3.8) is 0 Å². The van der Waals surface area contributed by atoms with Gasteiger partial charge in [-0.3, -0.25) is 9.59 Å². The van der Waals surface area contributed by atoms with E-state index in [2.05, 4.69) is 10.5 Å². The Morgan fingerprint density at radius 2 is 2.00 bits per heavy atom. The van der Waals surface area contributed by atoms with E-state index in [4.69, 9.17) is 9.57 Å². The molecule has 1 unspecified atom stereocenters. The number of carbonyl (C=O) groups excluding carboxylic acids is 3. The first-order valence-corrected chi connectivity index (χ1v) is 10.2. The van der Waals surface area contributed by atoms with Gasteiger partial charge < -0.3 is 24.7 Å². The van der Waals surface area contributed by atoms with Gasteiger partial charge in [0.25, 0.3) is 0 Å². The normalized spacial score (nSPS) is 20.8. The summed E-state index contributed by atoms with van der Waals surface area (Å²) in [4.78, 5) is 45.2. The van der Waals surface area contributed by atoms with E-state index >= 15 is 0 Å². The van der Waals surface area contributed by atoms with Gasteiger partial charge in [0.15, 0.2) is 0 Å². The Morgan fingerprint density at radius 1 is 1.20 bits per heavy atom. The van der Waals surface area contributed by atoms with Gasteiger partial charge in [-0.15, -0.1) is 0 Å². The second-order valence-electron chi connectivity index (χ2n) is 7.42. The lowest BCUT2D eigenvalue weighted by atomic mass is 10.2. The van der Waals surface area contributed by atoms with Crippen molar-refractivity contribution in [3.8, 4) is 0 Å². The summed E-state index contributed by atoms with van der Waals surface area (Å²) in [5.74, 6) is -0.152. The van der Waals surface area contributed by atoms with Crippen LogP contribution in [0.2, 0.25) is 0 Å². The van der Waals surface area contributed by atoms with E-state index in [9.17, 15) is 14.4 Å². The third kappa shape index (κ3) is 5.95. The molecule has 0 aliphatic carbocycles. The molecule has 30 heavy (non-hydrogen) atoms. The Morgan fingerprint density at radius 3 is 2.77 bits per heavy atom. The third-order valence-electron chi connectivity index (χ3n) is 5.22. The van der Waals surface area contributed by atoms with Crippen molar-refractivity contribution < 1.29 is 24.0 Å². The fraction of sp³-hybridized carbons (Fsp3) is 0.524. The largest absolute Gasteiger partial charge is 0.445 e. The SMILES string of the molecule is CO/N=C1/CN(C(=O)CN2CCCCCC2=O)CC1NC(=O)OCc1ccccc1. The van der Waals surface area contributed by atoms with Crippen molar-refractivity contribution >= 4 is 23.6 Å². The van der Waals surface area contributed by atoms with Crippen LogP contribution in [0.15, 0.2) is 35.5 Å². The minimum Gasteiger partial charge on any atom is -0.445 e. The molecule has 1 aromatic carbocycles. The Bertz CT molecular complexity index is 783. The highest BCUT2D eigenvalue weighted by molar-refractivity contribution is 5.99. The maximum Gasteiger partial charge on any atom is 0.408 e. The molecule has 0 spiro atoms. The first-order chi connectivity index (χ1) is 14.6. The monoisotopic (exact) mass is 416 g/mol. The molecule has 9 heteroatoms. The van der Waals surface area contributed by atoms with Crippen molar-refractivity contribution in [2.45, 2.75) is 38.3 Å². The molecule has 2 fully saturated rings. The van der Waals surface area contributed by atoms with Gasteiger partial charge in [0, 0.05) is 19.5 Å². The van der Waals surface area contributed by atoms with Gasteiger partial charge >= 0.3 is 6.09 Å². The van der Waals surface area contributed by atoms with Crippen LogP contribution in [0, 0.1) is 0 Å². The Balaban J connectivity index is 1.54. The molecule has 2 saturated heterocycles. The number of hydrogen-bond donors (Lipinski definition) is 1. The van der Waals surface area contributed by atoms with Crippen molar-refractivity contribution in [2.75, 3.05) is 33.3 Å². The Kier molecular flexibility index (Phi) is 7.64. The van der Waals surface area contributed by atoms with E-state index in [1.807, 2.05) is 30.3 Å². The average molecular weight is 416 g/mol. The van der Waals surface area contributed by atoms with Crippen LogP contribution < -0.4 is 5.32 Å². The molecular weight excluding hydrogens is 388 g/mol. The van der Waals surface area contributed by atoms with Crippen LogP contribution in [0.1, 0.15) is 31.2 Å². The lowest BCUT2D eigenvalue weighted by molar-refractivity contribution is -0.139. The molecule has 3 amide bonds. The van der Waals surface area contributed by atoms with Crippen molar-refractivity contribution in [1.82, 2.24) is 15.1 Å². The summed E-state index contributed by atoms with van der Waals surface area (Å²) >= 11 is 0. The number of nitrogens with one attached hydrogen (secondary N) is 1. The number of carbonyl (C=O) groups is 3. The number of amides is 3. The highest BCUT2D eigenvalue weighted by atomic mass is 16.6. The van der Waals surface area contributed by atoms with Gasteiger partial charge in [-0.2, -0.15) is 0 Å². The molecule has 162 valence electrons. The fourth-order valence-corrected chi connectivity index (χ4v) is 3.60. The molecule has 0 saturated carbocycles. The zero-order valence-electron chi connectivity index (χ0n) is 17.2. The van der Waals surface area contributed by atoms with E-state index in [1.54, 1.807) is 9.80 Å². The van der Waals surface area contributed by atoms with Crippen LogP contribution >= 0.6 is 0 Å². The molecule has 0 aromatic heterocycles. The quantitative estimate of drug-likeness (QED) is 0.709. The van der Waals surface area contributed by atoms with Crippen LogP contribution in [0.5, 0.6) is 0 Å². The molecule has 3 rings (SSSR count). The molecule has 1 aromatic rings. The first kappa shape index (κ1) is 21.6. The Hall–Kier alpha value is -3.10. The number of benzene rings is 1. The molecule has 2 aliphatic rings. The average Bonchev–Trinajstić information content (AvgIpc) is 3.02. The predicted octanol–water partition coefficient (Wildman–Crippen LogP) is 1.53. The van der Waals surface area contributed by atoms with E-state index in [0.717, 1.165) is 24.8 Å². The Labute approximate surface area is 176 Å². The summed E-state index contributed by atoms with van der Waals surface area (Å²) in [5.41, 5.74) is 1.41. The van der Waals surface area contributed by atoms with Crippen LogP contribution in [0.4, 0.5) is 4.79 Å². The smallest absolute Gasteiger partial charge is 0.408 e. The summed E-state index contributed by atoms with van der Waals surface area (Å²) in [6.45, 7) is 1.28. The molecular formula is C21H28N4O5. The first-order valence-electron chi connectivity index (χ1n) is 10.2. The van der Waals surface area contributed by atoms with Gasteiger partial charge in [-0.05, 0) is 18.4 Å². The van der Waals surface area contributed by atoms with Gasteiger partial charge in [0.2, 0.25) is 11.8 Å². The second-order valence-corrected chi connectivity index (χ2v) is 7.42. The van der Waals surface area contributed by atoms with Crippen molar-refractivity contribution in [2.24, 2.45) is 5.16 Å². The number of hydrogen-bond acceptors (Lipinski definition) is 6. The lowest BCUT2D eigenvalue weighted by Gasteiger charge is -2.23. The highest BCUT2D eigenvalue weighted by Gasteiger charge is 2.35. The minimum absolute atomic E-state index is 0.0185. The van der Waals surface area contributed by atoms with E-state index in [1.165, 1.54) is 7.11 Å². The van der Waals surface area contributed by atoms with Crippen LogP contribution in [-0.2, 0) is 25.8 Å². The van der Waals surface area contributed by atoms with Crippen LogP contribution in [-0.4, -0.2) is 72.7 Å². The van der Waals surface area contributed by atoms with Gasteiger partial charge in [0.1, 0.15) is 19.4 Å². The van der Waals surface area contributed by atoms with Crippen LogP contribution in [0.25, 0.3) is 0 Å². The molecule has 0 radical (unpaired) electrons. The van der Waals surface area contributed by atoms with E-state index < -0.39 is 12.1 Å². The molecule has 2 aliphatic heterocycles. The van der Waals surface area contributed by atoms with Gasteiger partial charge in [-0.25, -0.2) is 4.79 Å². The number of oxime groups is 1. The summed E-state index contributed by atoms with van der Waals surface area (Å²) in [6.07, 6.45) is 2.68. The molecule has 1 N–H and O–H groups in total. The number of nitrogens with zero attached hydrogens (tertiary/aromatic N) is 3. The predicted molar refractivity (Wildman–Crippen MR) is 110 cm³/mol. The van der Waals surface area contributed by atoms with Gasteiger partial charge in [0.05, 0.1) is 19.1 Å². The maximum absolute atomic E-state index is 12.8. The van der Waals surface area contributed by atoms with Crippen LogP contribution in [0.3, 0.4) is 0 Å². The minimum atomic E-state index is -0.593. The summed E-state index contributed by atoms with van der Waals surface area (Å²) in [6, 6.07) is 8.86. The number of likely N-dealkylation sites (tertiary alicyclic amines) is 2. The number of alkyl carbamates (subject to hydrolysis) is 1. The van der Waals surface area contributed by atoms with E-state index in [0.29, 0.717) is 18.7 Å². The fourth-order valence-electron chi connectivity index (χ4n) is 3.60. The number of ether oxygens (including phenoxy) is 1. The molecule has 0 bridgehead atoms. The highest BCUT2D eigenvalue weighted by Crippen LogP contribution is 2.14. The number of rotatable bonds is 6. The summed E-state index contributed by atoms with van der Waals surface area (Å²) < 4.78 is 5.26. The maximum atomic E-state index is 12.8. The van der Waals surface area contributed by atoms with E-state index in [-0.39, 0.29) is 38.1 Å². The summed E-state index contributed by atoms with van der Waals surface area (Å²) in [7, 11) is 1.41. The molecule has 9 nitrogen and oxygen atoms in total. The molecule has 2 heterocycles.